The van der Waals surface area contributed by atoms with Crippen LogP contribution >= 0.6 is 0 Å². The fourth-order valence-corrected chi connectivity index (χ4v) is 0.482. The van der Waals surface area contributed by atoms with Gasteiger partial charge in [-0.1, -0.05) is 13.8 Å². The van der Waals surface area contributed by atoms with Crippen molar-refractivity contribution in [1.29, 1.82) is 5.53 Å². The lowest BCUT2D eigenvalue weighted by Gasteiger charge is -2.23. The highest BCUT2D eigenvalue weighted by Gasteiger charge is 2.19. The Hall–Kier alpha value is -1.22. The van der Waals surface area contributed by atoms with Crippen molar-refractivity contribution in [3.05, 3.63) is 0 Å². The summed E-state index contributed by atoms with van der Waals surface area (Å²) >= 11 is 0. The van der Waals surface area contributed by atoms with Crippen molar-refractivity contribution in [3.63, 3.8) is 0 Å². The van der Waals surface area contributed by atoms with E-state index in [9.17, 15) is 9.90 Å². The van der Waals surface area contributed by atoms with Crippen LogP contribution in [0.2, 0.25) is 0 Å². The number of aliphatic carboxylic acids is 1. The van der Waals surface area contributed by atoms with Gasteiger partial charge in [0.15, 0.2) is 0 Å². The van der Waals surface area contributed by atoms with Gasteiger partial charge in [0, 0.05) is 11.4 Å². The molecule has 0 atom stereocenters. The van der Waals surface area contributed by atoms with E-state index in [1.165, 1.54) is 0 Å². The predicted octanol–water partition coefficient (Wildman–Crippen LogP) is -0.297. The van der Waals surface area contributed by atoms with Crippen molar-refractivity contribution in [2.45, 2.75) is 20.3 Å². The van der Waals surface area contributed by atoms with Crippen molar-refractivity contribution in [2.75, 3.05) is 6.54 Å². The Kier molecular flexibility index (Phi) is 3.40. The van der Waals surface area contributed by atoms with E-state index in [4.69, 9.17) is 5.53 Å². The van der Waals surface area contributed by atoms with Gasteiger partial charge in [-0.15, -0.1) is 0 Å². The van der Waals surface area contributed by atoms with Crippen LogP contribution in [0.25, 0.3) is 0 Å². The average Bonchev–Trinajstić information content (AvgIpc) is 1.88. The zero-order valence-electron chi connectivity index (χ0n) is 6.63. The summed E-state index contributed by atoms with van der Waals surface area (Å²) in [5.41, 5.74) is 5.43. The van der Waals surface area contributed by atoms with Crippen LogP contribution in [0.5, 0.6) is 0 Å². The van der Waals surface area contributed by atoms with Crippen LogP contribution in [0.1, 0.15) is 20.3 Å². The minimum absolute atomic E-state index is 0.254. The Morgan fingerprint density at radius 2 is 2.27 bits per heavy atom. The normalized spacial score (nSPS) is 10.4. The second-order valence-corrected chi connectivity index (χ2v) is 2.89. The summed E-state index contributed by atoms with van der Waals surface area (Å²) in [6.45, 7) is 3.37. The molecule has 0 aliphatic heterocycles. The molecule has 0 aromatic rings. The van der Waals surface area contributed by atoms with Gasteiger partial charge in [-0.3, -0.25) is 0 Å². The lowest BCUT2D eigenvalue weighted by molar-refractivity contribution is -0.317. The minimum atomic E-state index is -1.10. The van der Waals surface area contributed by atoms with E-state index in [1.54, 1.807) is 13.8 Å². The number of hydrogen-bond donors (Lipinski definition) is 1. The summed E-state index contributed by atoms with van der Waals surface area (Å²) in [5.74, 6) is -1.10. The molecule has 0 aliphatic carbocycles. The second kappa shape index (κ2) is 3.83. The number of carboxylic acid groups (broad SMARTS) is 1. The maximum absolute atomic E-state index is 10.4. The smallest absolute Gasteiger partial charge is 0.214 e. The molecule has 0 rings (SSSR count). The molecule has 0 saturated heterocycles. The molecule has 0 heterocycles. The van der Waals surface area contributed by atoms with Crippen molar-refractivity contribution < 1.29 is 9.90 Å². The lowest BCUT2D eigenvalue weighted by atomic mass is 9.90. The molecule has 11 heavy (non-hydrogen) atoms. The molecule has 0 fully saturated rings. The fraction of sp³-hybridized carbons (Fsp3) is 0.833. The summed E-state index contributed by atoms with van der Waals surface area (Å²) in [6, 6.07) is 0. The Labute approximate surface area is 64.7 Å². The van der Waals surface area contributed by atoms with Crippen molar-refractivity contribution >= 4 is 5.97 Å². The summed E-state index contributed by atoms with van der Waals surface area (Å²) < 4.78 is 0. The number of rotatable bonds is 4. The van der Waals surface area contributed by atoms with Crippen LogP contribution in [-0.2, 0) is 4.79 Å². The van der Waals surface area contributed by atoms with Crippen LogP contribution < -0.4 is 10.0 Å². The number of carboxylic acids is 1. The standard InChI is InChI=1S/C6H11N3O2/c1-6(2,5(10)11)3-4-8-9-7/h7H,3-4H2,1-2H3. The molecule has 0 saturated carbocycles. The first-order chi connectivity index (χ1) is 5.00. The molecular weight excluding hydrogens is 146 g/mol. The molecule has 0 radical (unpaired) electrons. The van der Waals surface area contributed by atoms with Crippen molar-refractivity contribution in [3.8, 4) is 0 Å². The highest BCUT2D eigenvalue weighted by Crippen LogP contribution is 2.18. The topological polar surface area (TPSA) is 90.4 Å². The lowest BCUT2D eigenvalue weighted by Crippen LogP contribution is -2.38. The minimum Gasteiger partial charge on any atom is -0.550 e. The van der Waals surface area contributed by atoms with Crippen LogP contribution in [0.15, 0.2) is 5.11 Å². The number of nitrogens with zero attached hydrogens (tertiary/aromatic N) is 2. The summed E-state index contributed by atoms with van der Waals surface area (Å²) in [6.07, 6.45) is 0.345. The molecule has 0 aromatic heterocycles. The van der Waals surface area contributed by atoms with Crippen molar-refractivity contribution in [1.82, 2.24) is 4.91 Å². The molecule has 0 spiro atoms. The Morgan fingerprint density at radius 3 is 2.64 bits per heavy atom. The van der Waals surface area contributed by atoms with Crippen molar-refractivity contribution in [2.24, 2.45) is 10.5 Å². The zero-order chi connectivity index (χ0) is 8.91. The van der Waals surface area contributed by atoms with E-state index in [0.29, 0.717) is 6.42 Å². The molecule has 0 aromatic carbocycles. The van der Waals surface area contributed by atoms with Crippen LogP contribution in [-0.4, -0.2) is 12.5 Å². The molecule has 0 aliphatic rings. The predicted molar refractivity (Wildman–Crippen MR) is 35.6 cm³/mol. The SMILES string of the molecule is CC(C)(CCN=[N+]=N)C(=O)[O-]. The fourth-order valence-electron chi connectivity index (χ4n) is 0.482. The number of carbonyl (C=O) groups is 1. The van der Waals surface area contributed by atoms with Crippen LogP contribution in [0.3, 0.4) is 0 Å². The number of carbonyl (C=O) groups excluding carboxylic acids is 1. The molecule has 5 heteroatoms. The summed E-state index contributed by atoms with van der Waals surface area (Å²) in [7, 11) is 0. The third kappa shape index (κ3) is 3.47. The van der Waals surface area contributed by atoms with Crippen LogP contribution in [0, 0.1) is 10.9 Å². The Morgan fingerprint density at radius 1 is 1.73 bits per heavy atom. The van der Waals surface area contributed by atoms with E-state index < -0.39 is 11.4 Å². The first kappa shape index (κ1) is 9.78. The first-order valence-electron chi connectivity index (χ1n) is 3.25. The Bertz CT molecular complexity index is 194. The van der Waals surface area contributed by atoms with E-state index in [-0.39, 0.29) is 6.54 Å². The first-order valence-corrected chi connectivity index (χ1v) is 3.25. The molecule has 62 valence electrons. The maximum Gasteiger partial charge on any atom is 0.214 e. The van der Waals surface area contributed by atoms with E-state index in [2.05, 4.69) is 10.0 Å². The highest BCUT2D eigenvalue weighted by atomic mass is 16.4. The van der Waals surface area contributed by atoms with Gasteiger partial charge in [0.2, 0.25) is 4.91 Å². The maximum atomic E-state index is 10.4. The third-order valence-corrected chi connectivity index (χ3v) is 1.46. The largest absolute Gasteiger partial charge is 0.550 e. The molecule has 1 N–H and O–H groups in total. The van der Waals surface area contributed by atoms with Gasteiger partial charge in [0.05, 0.1) is 0 Å². The van der Waals surface area contributed by atoms with Gasteiger partial charge >= 0.3 is 0 Å². The number of hydrogen-bond acceptors (Lipinski definition) is 4. The third-order valence-electron chi connectivity index (χ3n) is 1.46. The quantitative estimate of drug-likeness (QED) is 0.448. The van der Waals surface area contributed by atoms with Gasteiger partial charge in [0.1, 0.15) is 17.2 Å². The van der Waals surface area contributed by atoms with Gasteiger partial charge in [-0.05, 0) is 6.42 Å². The monoisotopic (exact) mass is 157 g/mol. The second-order valence-electron chi connectivity index (χ2n) is 2.89. The summed E-state index contributed by atoms with van der Waals surface area (Å²) in [5, 5.41) is 13.7. The van der Waals surface area contributed by atoms with Gasteiger partial charge in [0.25, 0.3) is 0 Å². The zero-order valence-corrected chi connectivity index (χ0v) is 6.63. The van der Waals surface area contributed by atoms with E-state index in [0.717, 1.165) is 0 Å². The molecule has 0 unspecified atom stereocenters. The van der Waals surface area contributed by atoms with E-state index >= 15 is 0 Å². The Balaban J connectivity index is 3.92. The van der Waals surface area contributed by atoms with Gasteiger partial charge < -0.3 is 9.90 Å². The van der Waals surface area contributed by atoms with E-state index in [1.807, 2.05) is 0 Å². The average molecular weight is 157 g/mol. The molecule has 0 bridgehead atoms. The van der Waals surface area contributed by atoms with Gasteiger partial charge in [-0.2, -0.15) is 0 Å². The molecular formula is C6H11N3O2. The highest BCUT2D eigenvalue weighted by molar-refractivity contribution is 5.71. The molecule has 5 nitrogen and oxygen atoms in total. The number of nitrogens with one attached hydrogen (secondary N) is 1. The summed E-state index contributed by atoms with van der Waals surface area (Å²) in [4.78, 5) is 13.1. The molecule has 0 amide bonds. The van der Waals surface area contributed by atoms with Gasteiger partial charge in [-0.25, -0.2) is 0 Å². The van der Waals surface area contributed by atoms with Crippen LogP contribution in [0.4, 0.5) is 0 Å².